The van der Waals surface area contributed by atoms with Gasteiger partial charge in [0.25, 0.3) is 0 Å². The summed E-state index contributed by atoms with van der Waals surface area (Å²) in [5.41, 5.74) is 4.76. The summed E-state index contributed by atoms with van der Waals surface area (Å²) in [6.07, 6.45) is 2.24. The highest BCUT2D eigenvalue weighted by molar-refractivity contribution is 5.83. The largest absolute Gasteiger partial charge is 0.376 e. The van der Waals surface area contributed by atoms with Gasteiger partial charge in [-0.1, -0.05) is 0 Å². The van der Waals surface area contributed by atoms with Crippen LogP contribution < -0.4 is 11.1 Å². The smallest absolute Gasteiger partial charge is 0.317 e. The fourth-order valence-corrected chi connectivity index (χ4v) is 2.74. The lowest BCUT2D eigenvalue weighted by Gasteiger charge is -2.42. The molecule has 7 heteroatoms. The normalized spacial score (nSPS) is 24.1. The zero-order valence-electron chi connectivity index (χ0n) is 12.9. The van der Waals surface area contributed by atoms with Crippen LogP contribution in [0.3, 0.4) is 0 Å². The van der Waals surface area contributed by atoms with Crippen molar-refractivity contribution in [1.82, 2.24) is 15.1 Å². The van der Waals surface area contributed by atoms with E-state index >= 15 is 0 Å². The number of nitrogens with zero attached hydrogens (tertiary/aromatic N) is 2. The van der Waals surface area contributed by atoms with Crippen LogP contribution in [0.2, 0.25) is 0 Å². The number of rotatable bonds is 4. The molecule has 0 aromatic carbocycles. The third-order valence-electron chi connectivity index (χ3n) is 4.47. The van der Waals surface area contributed by atoms with Crippen molar-refractivity contribution in [3.8, 4) is 0 Å². The Hall–Kier alpha value is -1.34. The van der Waals surface area contributed by atoms with Crippen molar-refractivity contribution in [3.05, 3.63) is 0 Å². The number of carbonyl (C=O) groups is 2. The number of nitrogens with one attached hydrogen (secondary N) is 1. The Morgan fingerprint density at radius 1 is 1.29 bits per heavy atom. The lowest BCUT2D eigenvalue weighted by molar-refractivity contribution is -0.129. The fourth-order valence-electron chi connectivity index (χ4n) is 2.74. The van der Waals surface area contributed by atoms with Crippen molar-refractivity contribution in [1.29, 1.82) is 0 Å². The average Bonchev–Trinajstić information content (AvgIpc) is 2.98. The van der Waals surface area contributed by atoms with Crippen LogP contribution in [0.15, 0.2) is 0 Å². The van der Waals surface area contributed by atoms with Crippen LogP contribution >= 0.6 is 0 Å². The first-order valence-corrected chi connectivity index (χ1v) is 7.60. The summed E-state index contributed by atoms with van der Waals surface area (Å²) in [6.45, 7) is 7.53. The molecule has 0 radical (unpaired) electrons. The predicted molar refractivity (Wildman–Crippen MR) is 78.8 cm³/mol. The van der Waals surface area contributed by atoms with Gasteiger partial charge >= 0.3 is 6.03 Å². The van der Waals surface area contributed by atoms with Gasteiger partial charge in [-0.2, -0.15) is 0 Å². The van der Waals surface area contributed by atoms with Crippen LogP contribution in [0, 0.1) is 0 Å². The second kappa shape index (κ2) is 6.62. The van der Waals surface area contributed by atoms with Gasteiger partial charge < -0.3 is 20.7 Å². The minimum absolute atomic E-state index is 0.0537. The summed E-state index contributed by atoms with van der Waals surface area (Å²) in [6, 6.07) is -0.0537. The van der Waals surface area contributed by atoms with Gasteiger partial charge in [0.05, 0.1) is 11.6 Å². The molecule has 2 aliphatic heterocycles. The summed E-state index contributed by atoms with van der Waals surface area (Å²) < 4.78 is 5.49. The molecule has 0 aromatic rings. The second-order valence-electron chi connectivity index (χ2n) is 6.22. The Bertz CT molecular complexity index is 386. The second-order valence-corrected chi connectivity index (χ2v) is 6.22. The molecule has 0 bridgehead atoms. The van der Waals surface area contributed by atoms with Crippen LogP contribution in [0.5, 0.6) is 0 Å². The summed E-state index contributed by atoms with van der Waals surface area (Å²) in [7, 11) is 0. The maximum absolute atomic E-state index is 12.1. The van der Waals surface area contributed by atoms with E-state index in [1.807, 2.05) is 18.7 Å². The van der Waals surface area contributed by atoms with Crippen molar-refractivity contribution >= 4 is 11.9 Å². The minimum atomic E-state index is -0.666. The molecule has 3 amide bonds. The van der Waals surface area contributed by atoms with Crippen molar-refractivity contribution < 1.29 is 14.3 Å². The van der Waals surface area contributed by atoms with E-state index in [9.17, 15) is 9.59 Å². The Morgan fingerprint density at radius 3 is 2.48 bits per heavy atom. The molecule has 21 heavy (non-hydrogen) atoms. The molecule has 0 spiro atoms. The first-order valence-electron chi connectivity index (χ1n) is 7.60. The Labute approximate surface area is 125 Å². The first kappa shape index (κ1) is 16.0. The Morgan fingerprint density at radius 2 is 1.95 bits per heavy atom. The first-order chi connectivity index (χ1) is 9.91. The van der Waals surface area contributed by atoms with Crippen LogP contribution in [-0.4, -0.2) is 72.7 Å². The third-order valence-corrected chi connectivity index (χ3v) is 4.47. The van der Waals surface area contributed by atoms with Gasteiger partial charge in [-0.05, 0) is 26.7 Å². The van der Waals surface area contributed by atoms with Gasteiger partial charge in [-0.3, -0.25) is 9.69 Å². The van der Waals surface area contributed by atoms with Crippen molar-refractivity contribution in [2.45, 2.75) is 38.3 Å². The molecular formula is C14H26N4O3. The molecule has 0 unspecified atom stereocenters. The van der Waals surface area contributed by atoms with Gasteiger partial charge in [0.15, 0.2) is 0 Å². The summed E-state index contributed by atoms with van der Waals surface area (Å²) in [5.74, 6) is -0.334. The monoisotopic (exact) mass is 298 g/mol. The number of urea groups is 1. The van der Waals surface area contributed by atoms with Crippen molar-refractivity contribution in [2.24, 2.45) is 5.73 Å². The fraction of sp³-hybridized carbons (Fsp3) is 0.857. The predicted octanol–water partition coefficient (Wildman–Crippen LogP) is -0.243. The zero-order valence-corrected chi connectivity index (χ0v) is 12.9. The maximum Gasteiger partial charge on any atom is 0.317 e. The quantitative estimate of drug-likeness (QED) is 0.749. The molecule has 2 heterocycles. The average molecular weight is 298 g/mol. The molecule has 2 saturated heterocycles. The highest BCUT2D eigenvalue weighted by Crippen LogP contribution is 2.16. The number of carbonyl (C=O) groups excluding carboxylic acids is 2. The molecule has 2 aliphatic rings. The van der Waals surface area contributed by atoms with Gasteiger partial charge in [-0.15, -0.1) is 0 Å². The zero-order chi connectivity index (χ0) is 15.5. The number of hydrogen-bond acceptors (Lipinski definition) is 4. The van der Waals surface area contributed by atoms with Gasteiger partial charge in [0, 0.05) is 39.3 Å². The van der Waals surface area contributed by atoms with E-state index in [4.69, 9.17) is 10.5 Å². The number of ether oxygens (including phenoxy) is 1. The molecule has 120 valence electrons. The molecule has 2 rings (SSSR count). The molecule has 7 nitrogen and oxygen atoms in total. The van der Waals surface area contributed by atoms with Crippen LogP contribution in [0.1, 0.15) is 26.7 Å². The van der Waals surface area contributed by atoms with E-state index in [1.165, 1.54) is 0 Å². The number of piperazine rings is 1. The standard InChI is InChI=1S/C14H26N4O3/c1-14(2,12(15)19)18-7-5-17(6-8-18)13(20)16-10-11-4-3-9-21-11/h11H,3-10H2,1-2H3,(H2,15,19)(H,16,20)/t11-/m1/s1. The van der Waals surface area contributed by atoms with E-state index in [0.29, 0.717) is 32.7 Å². The molecule has 0 saturated carbocycles. The molecule has 0 aliphatic carbocycles. The van der Waals surface area contributed by atoms with Gasteiger partial charge in [-0.25, -0.2) is 4.79 Å². The van der Waals surface area contributed by atoms with Gasteiger partial charge in [0.1, 0.15) is 0 Å². The number of primary amides is 1. The van der Waals surface area contributed by atoms with E-state index in [-0.39, 0.29) is 18.0 Å². The molecule has 1 atom stereocenters. The topological polar surface area (TPSA) is 87.9 Å². The summed E-state index contributed by atoms with van der Waals surface area (Å²) in [4.78, 5) is 27.4. The lowest BCUT2D eigenvalue weighted by Crippen LogP contribution is -2.61. The van der Waals surface area contributed by atoms with E-state index < -0.39 is 5.54 Å². The SMILES string of the molecule is CC(C)(C(N)=O)N1CCN(C(=O)NC[C@H]2CCCO2)CC1. The Kier molecular flexibility index (Phi) is 5.05. The number of nitrogens with two attached hydrogens (primary N) is 1. The minimum Gasteiger partial charge on any atom is -0.376 e. The molecule has 3 N–H and O–H groups in total. The molecule has 0 aromatic heterocycles. The lowest BCUT2D eigenvalue weighted by atomic mass is 10.0. The summed E-state index contributed by atoms with van der Waals surface area (Å²) >= 11 is 0. The number of hydrogen-bond donors (Lipinski definition) is 2. The molecular weight excluding hydrogens is 272 g/mol. The van der Waals surface area contributed by atoms with Crippen molar-refractivity contribution in [3.63, 3.8) is 0 Å². The van der Waals surface area contributed by atoms with Crippen LogP contribution in [0.25, 0.3) is 0 Å². The van der Waals surface area contributed by atoms with Crippen molar-refractivity contribution in [2.75, 3.05) is 39.3 Å². The third kappa shape index (κ3) is 3.85. The highest BCUT2D eigenvalue weighted by atomic mass is 16.5. The number of amides is 3. The Balaban J connectivity index is 1.75. The maximum atomic E-state index is 12.1. The van der Waals surface area contributed by atoms with E-state index in [2.05, 4.69) is 5.32 Å². The van der Waals surface area contributed by atoms with Gasteiger partial charge in [0.2, 0.25) is 5.91 Å². The molecule has 2 fully saturated rings. The summed E-state index contributed by atoms with van der Waals surface area (Å²) in [5, 5.41) is 2.92. The van der Waals surface area contributed by atoms with Crippen LogP contribution in [0.4, 0.5) is 4.79 Å². The van der Waals surface area contributed by atoms with Crippen LogP contribution in [-0.2, 0) is 9.53 Å². The van der Waals surface area contributed by atoms with E-state index in [1.54, 1.807) is 4.90 Å². The van der Waals surface area contributed by atoms with E-state index in [0.717, 1.165) is 19.4 Å². The highest BCUT2D eigenvalue weighted by Gasteiger charge is 2.35.